The maximum absolute atomic E-state index is 13.0. The van der Waals surface area contributed by atoms with Crippen LogP contribution in [0.4, 0.5) is 5.69 Å². The third-order valence-corrected chi connectivity index (χ3v) is 6.52. The largest absolute Gasteiger partial charge is 0.390 e. The molecule has 3 heterocycles. The minimum Gasteiger partial charge on any atom is -0.390 e. The molecule has 5 atom stereocenters. The number of nitriles is 1. The van der Waals surface area contributed by atoms with E-state index >= 15 is 0 Å². The summed E-state index contributed by atoms with van der Waals surface area (Å²) >= 11 is 2.01. The highest BCUT2D eigenvalue weighted by atomic mass is 127. The summed E-state index contributed by atoms with van der Waals surface area (Å²) in [5.41, 5.74) is -0.888. The number of aliphatic hydroxyl groups excluding tert-OH is 1. The smallest absolute Gasteiger partial charge is 0.240 e. The Labute approximate surface area is 152 Å². The summed E-state index contributed by atoms with van der Waals surface area (Å²) in [6.07, 6.45) is -0.413. The number of halogens is 1. The van der Waals surface area contributed by atoms with E-state index in [-0.39, 0.29) is 11.8 Å². The number of rotatable bonds is 1. The third-order valence-electron chi connectivity index (χ3n) is 5.63. The summed E-state index contributed by atoms with van der Waals surface area (Å²) in [4.78, 5) is 27.2. The van der Waals surface area contributed by atoms with Crippen LogP contribution in [-0.2, 0) is 14.3 Å². The molecule has 24 heavy (non-hydrogen) atoms. The number of carbonyl (C=O) groups is 2. The number of hydrogen-bond donors (Lipinski definition) is 1. The van der Waals surface area contributed by atoms with Crippen LogP contribution in [0.1, 0.15) is 25.8 Å². The predicted molar refractivity (Wildman–Crippen MR) is 91.9 cm³/mol. The summed E-state index contributed by atoms with van der Waals surface area (Å²) in [7, 11) is 0. The van der Waals surface area contributed by atoms with Crippen molar-refractivity contribution in [3.63, 3.8) is 0 Å². The van der Waals surface area contributed by atoms with Crippen LogP contribution in [0, 0.1) is 26.7 Å². The Morgan fingerprint density at radius 1 is 1.33 bits per heavy atom. The van der Waals surface area contributed by atoms with Crippen molar-refractivity contribution in [2.75, 3.05) is 4.90 Å². The fourth-order valence-corrected chi connectivity index (χ4v) is 5.13. The quantitative estimate of drug-likeness (QED) is 0.531. The lowest BCUT2D eigenvalue weighted by Gasteiger charge is -2.31. The van der Waals surface area contributed by atoms with Gasteiger partial charge in [0.2, 0.25) is 11.8 Å². The average Bonchev–Trinajstić information content (AvgIpc) is 3.01. The van der Waals surface area contributed by atoms with E-state index in [1.807, 2.05) is 22.6 Å². The van der Waals surface area contributed by atoms with E-state index < -0.39 is 29.1 Å². The molecule has 3 aliphatic rings. The predicted octanol–water partition coefficient (Wildman–Crippen LogP) is 1.58. The molecule has 2 unspecified atom stereocenters. The third kappa shape index (κ3) is 1.76. The first-order chi connectivity index (χ1) is 11.2. The van der Waals surface area contributed by atoms with Crippen LogP contribution in [0.5, 0.6) is 0 Å². The fourth-order valence-electron chi connectivity index (χ4n) is 4.51. The molecule has 3 saturated heterocycles. The number of nitrogens with zero attached hydrogens (tertiary/aromatic N) is 2. The zero-order valence-corrected chi connectivity index (χ0v) is 15.3. The minimum atomic E-state index is -1.03. The zero-order chi connectivity index (χ0) is 17.4. The summed E-state index contributed by atoms with van der Waals surface area (Å²) in [5.74, 6) is -1.88. The van der Waals surface area contributed by atoms with E-state index in [1.54, 1.807) is 32.0 Å². The lowest BCUT2D eigenvalue weighted by atomic mass is 9.67. The topological polar surface area (TPSA) is 90.6 Å². The van der Waals surface area contributed by atoms with Crippen LogP contribution in [0.25, 0.3) is 0 Å². The van der Waals surface area contributed by atoms with Gasteiger partial charge in [-0.3, -0.25) is 9.59 Å². The van der Waals surface area contributed by atoms with E-state index in [1.165, 1.54) is 4.90 Å². The van der Waals surface area contributed by atoms with Gasteiger partial charge in [-0.15, -0.1) is 0 Å². The molecule has 2 amide bonds. The first-order valence-corrected chi connectivity index (χ1v) is 8.76. The number of hydrogen-bond acceptors (Lipinski definition) is 5. The first kappa shape index (κ1) is 16.0. The maximum Gasteiger partial charge on any atom is 0.240 e. The molecule has 6 nitrogen and oxygen atoms in total. The highest BCUT2D eigenvalue weighted by Crippen LogP contribution is 2.60. The number of anilines is 1. The number of imide groups is 1. The summed E-state index contributed by atoms with van der Waals surface area (Å²) in [5, 5.41) is 19.4. The molecule has 3 fully saturated rings. The zero-order valence-electron chi connectivity index (χ0n) is 13.1. The molecule has 0 radical (unpaired) electrons. The number of fused-ring (bicyclic) bond motifs is 5. The highest BCUT2D eigenvalue weighted by Gasteiger charge is 2.75. The number of ether oxygens (including phenoxy) is 1. The van der Waals surface area contributed by atoms with Crippen LogP contribution in [0.3, 0.4) is 0 Å². The Morgan fingerprint density at radius 2 is 2.00 bits per heavy atom. The molecule has 1 aromatic rings. The van der Waals surface area contributed by atoms with Gasteiger partial charge in [0, 0.05) is 9.99 Å². The molecule has 0 saturated carbocycles. The molecule has 0 spiro atoms. The number of benzene rings is 1. The Kier molecular flexibility index (Phi) is 3.18. The SMILES string of the molecule is CC12C[C@@H](O)C(C)(O1)[C@H]1C(=O)N(c3ccc(C#N)c(I)c3)C(=O)[C@H]12. The second kappa shape index (κ2) is 4.77. The lowest BCUT2D eigenvalue weighted by molar-refractivity contribution is -0.132. The van der Waals surface area contributed by atoms with Gasteiger partial charge in [0.05, 0.1) is 34.8 Å². The van der Waals surface area contributed by atoms with E-state index in [0.717, 1.165) is 0 Å². The van der Waals surface area contributed by atoms with Crippen molar-refractivity contribution in [2.45, 2.75) is 37.6 Å². The van der Waals surface area contributed by atoms with Crippen molar-refractivity contribution in [1.82, 2.24) is 0 Å². The number of aliphatic hydroxyl groups is 1. The van der Waals surface area contributed by atoms with Crippen molar-refractivity contribution in [3.8, 4) is 6.07 Å². The van der Waals surface area contributed by atoms with Crippen LogP contribution >= 0.6 is 22.6 Å². The fraction of sp³-hybridized carbons (Fsp3) is 0.471. The Hall–Kier alpha value is -1.50. The monoisotopic (exact) mass is 438 g/mol. The van der Waals surface area contributed by atoms with Gasteiger partial charge in [-0.2, -0.15) is 5.26 Å². The molecule has 124 valence electrons. The molecule has 1 aromatic carbocycles. The minimum absolute atomic E-state index is 0.288. The van der Waals surface area contributed by atoms with Crippen molar-refractivity contribution in [3.05, 3.63) is 27.3 Å². The number of amides is 2. The van der Waals surface area contributed by atoms with Crippen LogP contribution in [-0.4, -0.2) is 34.2 Å². The molecular weight excluding hydrogens is 423 g/mol. The maximum atomic E-state index is 13.0. The second-order valence-corrected chi connectivity index (χ2v) is 8.22. The Balaban J connectivity index is 1.79. The van der Waals surface area contributed by atoms with Crippen molar-refractivity contribution in [2.24, 2.45) is 11.8 Å². The summed E-state index contributed by atoms with van der Waals surface area (Å²) in [6, 6.07) is 6.95. The Bertz CT molecular complexity index is 834. The van der Waals surface area contributed by atoms with Crippen LogP contribution in [0.15, 0.2) is 18.2 Å². The van der Waals surface area contributed by atoms with E-state index in [2.05, 4.69) is 6.07 Å². The standard InChI is InChI=1S/C17H15IN2O4/c1-16-6-11(21)17(2,24-16)13-12(16)14(22)20(15(13)23)9-4-3-8(7-19)10(18)5-9/h3-5,11-13,21H,6H2,1-2H3/t11-,12+,13-,16?,17?/m1/s1. The second-order valence-electron chi connectivity index (χ2n) is 7.06. The van der Waals surface area contributed by atoms with Gasteiger partial charge in [-0.25, -0.2) is 4.90 Å². The van der Waals surface area contributed by atoms with Gasteiger partial charge >= 0.3 is 0 Å². The average molecular weight is 438 g/mol. The highest BCUT2D eigenvalue weighted by molar-refractivity contribution is 14.1. The van der Waals surface area contributed by atoms with Gasteiger partial charge in [-0.05, 0) is 54.6 Å². The van der Waals surface area contributed by atoms with Crippen LogP contribution in [0.2, 0.25) is 0 Å². The summed E-state index contributed by atoms with van der Waals surface area (Å²) < 4.78 is 6.63. The normalized spacial score (nSPS) is 40.1. The van der Waals surface area contributed by atoms with E-state index in [0.29, 0.717) is 21.2 Å². The summed E-state index contributed by atoms with van der Waals surface area (Å²) in [6.45, 7) is 3.51. The van der Waals surface area contributed by atoms with Gasteiger partial charge in [-0.1, -0.05) is 0 Å². The molecule has 3 aliphatic heterocycles. The van der Waals surface area contributed by atoms with E-state index in [9.17, 15) is 14.7 Å². The Morgan fingerprint density at radius 3 is 2.62 bits per heavy atom. The molecule has 4 rings (SSSR count). The van der Waals surface area contributed by atoms with Crippen molar-refractivity contribution < 1.29 is 19.4 Å². The van der Waals surface area contributed by atoms with E-state index in [4.69, 9.17) is 10.00 Å². The van der Waals surface area contributed by atoms with Gasteiger partial charge < -0.3 is 9.84 Å². The molecule has 0 aromatic heterocycles. The molecule has 0 aliphatic carbocycles. The molecular formula is C17H15IN2O4. The van der Waals surface area contributed by atoms with Crippen molar-refractivity contribution >= 4 is 40.1 Å². The first-order valence-electron chi connectivity index (χ1n) is 7.68. The molecule has 7 heteroatoms. The van der Waals surface area contributed by atoms with Crippen molar-refractivity contribution in [1.29, 1.82) is 5.26 Å². The van der Waals surface area contributed by atoms with Crippen LogP contribution < -0.4 is 4.90 Å². The molecule has 2 bridgehead atoms. The van der Waals surface area contributed by atoms with Gasteiger partial charge in [0.15, 0.2) is 0 Å². The molecule has 1 N–H and O–H groups in total. The van der Waals surface area contributed by atoms with Gasteiger partial charge in [0.25, 0.3) is 0 Å². The lowest BCUT2D eigenvalue weighted by Crippen LogP contribution is -2.49. The van der Waals surface area contributed by atoms with Gasteiger partial charge in [0.1, 0.15) is 11.7 Å². The number of carbonyl (C=O) groups excluding carboxylic acids is 2.